The molecule has 4 rings (SSSR count). The Labute approximate surface area is 167 Å². The van der Waals surface area contributed by atoms with E-state index in [0.717, 1.165) is 36.3 Å². The van der Waals surface area contributed by atoms with Gasteiger partial charge >= 0.3 is 0 Å². The number of para-hydroxylation sites is 1. The summed E-state index contributed by atoms with van der Waals surface area (Å²) in [4.78, 5) is 33.5. The summed E-state index contributed by atoms with van der Waals surface area (Å²) < 4.78 is 5.55. The van der Waals surface area contributed by atoms with E-state index < -0.39 is 5.92 Å². The number of carbonyl (C=O) groups is 1. The van der Waals surface area contributed by atoms with Crippen LogP contribution in [0.15, 0.2) is 45.5 Å². The second-order valence-electron chi connectivity index (χ2n) is 6.95. The first-order chi connectivity index (χ1) is 13.6. The summed E-state index contributed by atoms with van der Waals surface area (Å²) >= 11 is 1.53. The number of nitrogens with zero attached hydrogens (tertiary/aromatic N) is 1. The highest BCUT2D eigenvalue weighted by Crippen LogP contribution is 2.45. The van der Waals surface area contributed by atoms with Crippen LogP contribution in [0, 0.1) is 0 Å². The van der Waals surface area contributed by atoms with Crippen LogP contribution < -0.4 is 15.6 Å². The molecule has 2 aliphatic rings. The van der Waals surface area contributed by atoms with Crippen LogP contribution in [-0.4, -0.2) is 28.6 Å². The average molecular weight is 398 g/mol. The fourth-order valence-electron chi connectivity index (χ4n) is 3.92. The van der Waals surface area contributed by atoms with Crippen molar-refractivity contribution in [2.24, 2.45) is 0 Å². The van der Waals surface area contributed by atoms with Crippen molar-refractivity contribution < 1.29 is 9.53 Å². The number of aromatic amines is 1. The highest BCUT2D eigenvalue weighted by atomic mass is 32.2. The van der Waals surface area contributed by atoms with Crippen molar-refractivity contribution in [2.45, 2.75) is 43.7 Å². The van der Waals surface area contributed by atoms with Crippen molar-refractivity contribution in [1.82, 2.24) is 9.97 Å². The number of hydrogen-bond acceptors (Lipinski definition) is 6. The van der Waals surface area contributed by atoms with Gasteiger partial charge in [0.25, 0.3) is 5.56 Å². The van der Waals surface area contributed by atoms with Crippen LogP contribution >= 0.6 is 11.8 Å². The summed E-state index contributed by atoms with van der Waals surface area (Å²) in [6.07, 6.45) is 3.07. The second-order valence-corrected chi connectivity index (χ2v) is 8.03. The predicted octanol–water partition coefficient (Wildman–Crippen LogP) is 3.85. The maximum absolute atomic E-state index is 13.1. The number of rotatable bonds is 5. The van der Waals surface area contributed by atoms with Crippen molar-refractivity contribution in [3.05, 3.63) is 57.0 Å². The molecular formula is C21H23N3O3S. The number of H-pyrrole nitrogens is 1. The highest BCUT2D eigenvalue weighted by molar-refractivity contribution is 7.99. The van der Waals surface area contributed by atoms with E-state index >= 15 is 0 Å². The fraction of sp³-hybridized carbons (Fsp3) is 0.381. The summed E-state index contributed by atoms with van der Waals surface area (Å²) in [7, 11) is 1.60. The molecule has 1 aliphatic carbocycles. The predicted molar refractivity (Wildman–Crippen MR) is 110 cm³/mol. The molecule has 0 amide bonds. The van der Waals surface area contributed by atoms with Crippen LogP contribution in [0.3, 0.4) is 0 Å². The van der Waals surface area contributed by atoms with Crippen LogP contribution in [0.5, 0.6) is 5.75 Å². The number of anilines is 1. The molecule has 0 bridgehead atoms. The maximum atomic E-state index is 13.1. The maximum Gasteiger partial charge on any atom is 0.257 e. The zero-order valence-corrected chi connectivity index (χ0v) is 16.8. The Bertz CT molecular complexity index is 1010. The molecule has 0 saturated heterocycles. The number of Topliss-reactive ketones (excluding diaryl/α,β-unsaturated/α-hetero) is 1. The van der Waals surface area contributed by atoms with E-state index in [9.17, 15) is 9.59 Å². The van der Waals surface area contributed by atoms with Crippen LogP contribution in [-0.2, 0) is 4.79 Å². The summed E-state index contributed by atoms with van der Waals surface area (Å²) in [5.74, 6) is 1.70. The first-order valence-corrected chi connectivity index (χ1v) is 10.6. The van der Waals surface area contributed by atoms with E-state index in [0.29, 0.717) is 34.3 Å². The Morgan fingerprint density at radius 1 is 1.25 bits per heavy atom. The number of allylic oxidation sites excluding steroid dienone is 2. The lowest BCUT2D eigenvalue weighted by Crippen LogP contribution is -2.32. The molecule has 2 N–H and O–H groups in total. The Kier molecular flexibility index (Phi) is 5.26. The number of ketones is 1. The Balaban J connectivity index is 1.93. The van der Waals surface area contributed by atoms with E-state index in [1.54, 1.807) is 7.11 Å². The third-order valence-electron chi connectivity index (χ3n) is 5.13. The number of aromatic nitrogens is 2. The summed E-state index contributed by atoms with van der Waals surface area (Å²) in [5, 5.41) is 3.90. The van der Waals surface area contributed by atoms with Gasteiger partial charge in [-0.25, -0.2) is 4.98 Å². The lowest BCUT2D eigenvalue weighted by atomic mass is 9.76. The van der Waals surface area contributed by atoms with E-state index in [1.165, 1.54) is 11.8 Å². The van der Waals surface area contributed by atoms with E-state index in [4.69, 9.17) is 4.74 Å². The molecule has 0 unspecified atom stereocenters. The van der Waals surface area contributed by atoms with Crippen LogP contribution in [0.4, 0.5) is 5.82 Å². The van der Waals surface area contributed by atoms with Gasteiger partial charge in [-0.1, -0.05) is 36.9 Å². The summed E-state index contributed by atoms with van der Waals surface area (Å²) in [6, 6.07) is 7.57. The van der Waals surface area contributed by atoms with Crippen molar-refractivity contribution in [3.8, 4) is 5.75 Å². The van der Waals surface area contributed by atoms with Gasteiger partial charge in [-0.3, -0.25) is 9.59 Å². The molecule has 28 heavy (non-hydrogen) atoms. The minimum atomic E-state index is -0.475. The van der Waals surface area contributed by atoms with Gasteiger partial charge in [-0.2, -0.15) is 0 Å². The molecule has 0 saturated carbocycles. The molecule has 2 heterocycles. The van der Waals surface area contributed by atoms with Crippen molar-refractivity contribution in [3.63, 3.8) is 0 Å². The molecule has 0 radical (unpaired) electrons. The second kappa shape index (κ2) is 7.83. The summed E-state index contributed by atoms with van der Waals surface area (Å²) in [6.45, 7) is 2.09. The van der Waals surface area contributed by atoms with E-state index in [1.807, 2.05) is 24.3 Å². The summed E-state index contributed by atoms with van der Waals surface area (Å²) in [5.41, 5.74) is 2.64. The van der Waals surface area contributed by atoms with Gasteiger partial charge in [-0.05, 0) is 25.3 Å². The lowest BCUT2D eigenvalue weighted by molar-refractivity contribution is -0.116. The van der Waals surface area contributed by atoms with E-state index in [2.05, 4.69) is 22.2 Å². The number of methoxy groups -OCH3 is 1. The molecule has 1 aliphatic heterocycles. The first-order valence-electron chi connectivity index (χ1n) is 9.57. The largest absolute Gasteiger partial charge is 0.496 e. The van der Waals surface area contributed by atoms with Gasteiger partial charge in [0.1, 0.15) is 11.6 Å². The van der Waals surface area contributed by atoms with Gasteiger partial charge in [0.2, 0.25) is 0 Å². The molecule has 0 fully saturated rings. The number of nitrogens with one attached hydrogen (secondary N) is 2. The molecule has 1 aromatic heterocycles. The normalized spacial score (nSPS) is 18.4. The third-order valence-corrected chi connectivity index (χ3v) is 6.21. The SMILES string of the molecule is CCCSc1nc2c(c(=O)[nH]1)[C@@H](c1ccccc1OC)C1=C(CCCC1=O)N2. The number of carbonyl (C=O) groups excluding carboxylic acids is 1. The first kappa shape index (κ1) is 18.8. The Hall–Kier alpha value is -2.54. The zero-order valence-electron chi connectivity index (χ0n) is 16.0. The quantitative estimate of drug-likeness (QED) is 0.589. The van der Waals surface area contributed by atoms with Crippen LogP contribution in [0.2, 0.25) is 0 Å². The molecule has 146 valence electrons. The van der Waals surface area contributed by atoms with Gasteiger partial charge in [-0.15, -0.1) is 0 Å². The molecular weight excluding hydrogens is 374 g/mol. The number of benzene rings is 1. The fourth-order valence-corrected chi connectivity index (χ4v) is 4.64. The van der Waals surface area contributed by atoms with Gasteiger partial charge in [0.15, 0.2) is 10.9 Å². The molecule has 2 aromatic rings. The Morgan fingerprint density at radius 3 is 2.86 bits per heavy atom. The standard InChI is InChI=1S/C21H23N3O3S/c1-3-11-28-21-23-19-18(20(26)24-21)16(12-7-4-5-10-15(12)27-2)17-13(22-19)8-6-9-14(17)25/h4-5,7,10,16H,3,6,8-9,11H2,1-2H3,(H2,22,23,24,26)/t16-/m0/s1. The van der Waals surface area contributed by atoms with Crippen LogP contribution in [0.25, 0.3) is 0 Å². The third kappa shape index (κ3) is 3.24. The average Bonchev–Trinajstić information content (AvgIpc) is 2.71. The van der Waals surface area contributed by atoms with Crippen molar-refractivity contribution >= 4 is 23.4 Å². The molecule has 6 nitrogen and oxygen atoms in total. The number of thioether (sulfide) groups is 1. The van der Waals surface area contributed by atoms with Gasteiger partial charge in [0, 0.05) is 29.0 Å². The topological polar surface area (TPSA) is 84.1 Å². The highest BCUT2D eigenvalue weighted by Gasteiger charge is 2.38. The van der Waals surface area contributed by atoms with Gasteiger partial charge < -0.3 is 15.0 Å². The molecule has 0 spiro atoms. The molecule has 7 heteroatoms. The molecule has 1 atom stereocenters. The number of hydrogen-bond donors (Lipinski definition) is 2. The zero-order chi connectivity index (χ0) is 19.7. The number of fused-ring (bicyclic) bond motifs is 1. The smallest absolute Gasteiger partial charge is 0.257 e. The molecule has 1 aromatic carbocycles. The van der Waals surface area contributed by atoms with Gasteiger partial charge in [0.05, 0.1) is 18.6 Å². The van der Waals surface area contributed by atoms with Crippen molar-refractivity contribution in [2.75, 3.05) is 18.2 Å². The van der Waals surface area contributed by atoms with Crippen LogP contribution in [0.1, 0.15) is 49.7 Å². The minimum Gasteiger partial charge on any atom is -0.496 e. The van der Waals surface area contributed by atoms with E-state index in [-0.39, 0.29) is 11.3 Å². The lowest BCUT2D eigenvalue weighted by Gasteiger charge is -2.33. The monoisotopic (exact) mass is 397 g/mol. The minimum absolute atomic E-state index is 0.0825. The Morgan fingerprint density at radius 2 is 2.07 bits per heavy atom. The van der Waals surface area contributed by atoms with Crippen molar-refractivity contribution in [1.29, 1.82) is 0 Å². The number of ether oxygens (including phenoxy) is 1.